The monoisotopic (exact) mass is 192 g/mol. The van der Waals surface area contributed by atoms with E-state index >= 15 is 0 Å². The van der Waals surface area contributed by atoms with E-state index in [1.165, 1.54) is 0 Å². The Kier molecular flexibility index (Phi) is 2.02. The third-order valence-corrected chi connectivity index (χ3v) is 1.71. The molecule has 6 heteroatoms. The summed E-state index contributed by atoms with van der Waals surface area (Å²) < 4.78 is 0. The zero-order valence-electron chi connectivity index (χ0n) is 7.19. The summed E-state index contributed by atoms with van der Waals surface area (Å²) in [6, 6.07) is 3.62. The molecule has 2 rings (SSSR count). The number of carbonyl (C=O) groups is 1. The van der Waals surface area contributed by atoms with E-state index in [-0.39, 0.29) is 6.54 Å². The third kappa shape index (κ3) is 1.63. The van der Waals surface area contributed by atoms with Gasteiger partial charge in [0.15, 0.2) is 5.65 Å². The SMILES string of the molecule is O=C(O)NCc1nc2ncccc2[nH]1. The molecule has 2 aromatic heterocycles. The molecule has 0 spiro atoms. The van der Waals surface area contributed by atoms with E-state index < -0.39 is 6.09 Å². The van der Waals surface area contributed by atoms with Crippen molar-refractivity contribution in [1.82, 2.24) is 20.3 Å². The van der Waals surface area contributed by atoms with E-state index in [1.807, 2.05) is 6.07 Å². The maximum atomic E-state index is 10.2. The van der Waals surface area contributed by atoms with Crippen LogP contribution in [0.5, 0.6) is 0 Å². The lowest BCUT2D eigenvalue weighted by atomic mass is 10.4. The molecule has 2 heterocycles. The molecular formula is C8H8N4O2. The second-order valence-corrected chi connectivity index (χ2v) is 2.72. The Hall–Kier alpha value is -2.11. The normalized spacial score (nSPS) is 10.3. The molecule has 0 radical (unpaired) electrons. The van der Waals surface area contributed by atoms with Crippen LogP contribution in [-0.4, -0.2) is 26.2 Å². The van der Waals surface area contributed by atoms with E-state index in [9.17, 15) is 4.79 Å². The van der Waals surface area contributed by atoms with Crippen LogP contribution in [0.3, 0.4) is 0 Å². The molecule has 0 aromatic carbocycles. The summed E-state index contributed by atoms with van der Waals surface area (Å²) in [7, 11) is 0. The van der Waals surface area contributed by atoms with Crippen LogP contribution in [-0.2, 0) is 6.54 Å². The summed E-state index contributed by atoms with van der Waals surface area (Å²) in [6.07, 6.45) is 0.566. The molecule has 0 bridgehead atoms. The van der Waals surface area contributed by atoms with Gasteiger partial charge in [0.25, 0.3) is 0 Å². The average molecular weight is 192 g/mol. The number of imidazole rings is 1. The van der Waals surface area contributed by atoms with Gasteiger partial charge < -0.3 is 15.4 Å². The summed E-state index contributed by atoms with van der Waals surface area (Å²) in [6.45, 7) is 0.158. The first-order chi connectivity index (χ1) is 6.75. The summed E-state index contributed by atoms with van der Waals surface area (Å²) in [5.74, 6) is 0.557. The van der Waals surface area contributed by atoms with Crippen LogP contribution in [0.15, 0.2) is 18.3 Å². The van der Waals surface area contributed by atoms with Crippen molar-refractivity contribution in [2.24, 2.45) is 0 Å². The van der Waals surface area contributed by atoms with Gasteiger partial charge in [0.05, 0.1) is 12.1 Å². The lowest BCUT2D eigenvalue weighted by Gasteiger charge is -1.94. The van der Waals surface area contributed by atoms with Gasteiger partial charge in [0, 0.05) is 6.20 Å². The molecular weight excluding hydrogens is 184 g/mol. The predicted molar refractivity (Wildman–Crippen MR) is 48.8 cm³/mol. The number of hydrogen-bond donors (Lipinski definition) is 3. The van der Waals surface area contributed by atoms with Crippen LogP contribution in [0.25, 0.3) is 11.2 Å². The first kappa shape index (κ1) is 8.49. The highest BCUT2D eigenvalue weighted by atomic mass is 16.4. The van der Waals surface area contributed by atoms with Crippen molar-refractivity contribution >= 4 is 17.3 Å². The molecule has 0 unspecified atom stereocenters. The zero-order chi connectivity index (χ0) is 9.97. The smallest absolute Gasteiger partial charge is 0.405 e. The summed E-state index contributed by atoms with van der Waals surface area (Å²) in [5.41, 5.74) is 1.39. The van der Waals surface area contributed by atoms with Crippen LogP contribution in [0.2, 0.25) is 0 Å². The molecule has 0 fully saturated rings. The third-order valence-electron chi connectivity index (χ3n) is 1.71. The number of fused-ring (bicyclic) bond motifs is 1. The number of H-pyrrole nitrogens is 1. The van der Waals surface area contributed by atoms with Gasteiger partial charge in [0.1, 0.15) is 5.82 Å². The number of nitrogens with one attached hydrogen (secondary N) is 2. The summed E-state index contributed by atoms with van der Waals surface area (Å²) >= 11 is 0. The quantitative estimate of drug-likeness (QED) is 0.654. The fourth-order valence-electron chi connectivity index (χ4n) is 1.14. The number of amides is 1. The highest BCUT2D eigenvalue weighted by molar-refractivity contribution is 5.70. The maximum Gasteiger partial charge on any atom is 0.405 e. The van der Waals surface area contributed by atoms with Gasteiger partial charge in [-0.15, -0.1) is 0 Å². The van der Waals surface area contributed by atoms with Crippen molar-refractivity contribution in [1.29, 1.82) is 0 Å². The largest absolute Gasteiger partial charge is 0.465 e. The summed E-state index contributed by atoms with van der Waals surface area (Å²) in [4.78, 5) is 21.3. The number of aromatic amines is 1. The Bertz CT molecular complexity index is 432. The Morgan fingerprint density at radius 1 is 1.64 bits per heavy atom. The molecule has 6 nitrogen and oxygen atoms in total. The molecule has 1 amide bonds. The minimum atomic E-state index is -1.07. The predicted octanol–water partition coefficient (Wildman–Crippen LogP) is 0.725. The minimum absolute atomic E-state index is 0.158. The average Bonchev–Trinajstić information content (AvgIpc) is 2.57. The number of nitrogens with zero attached hydrogens (tertiary/aromatic N) is 2. The zero-order valence-corrected chi connectivity index (χ0v) is 7.19. The van der Waals surface area contributed by atoms with Crippen molar-refractivity contribution in [3.63, 3.8) is 0 Å². The van der Waals surface area contributed by atoms with E-state index in [4.69, 9.17) is 5.11 Å². The van der Waals surface area contributed by atoms with Crippen LogP contribution >= 0.6 is 0 Å². The molecule has 14 heavy (non-hydrogen) atoms. The molecule has 2 aromatic rings. The molecule has 0 aliphatic carbocycles. The number of carboxylic acid groups (broad SMARTS) is 1. The van der Waals surface area contributed by atoms with Crippen molar-refractivity contribution < 1.29 is 9.90 Å². The second-order valence-electron chi connectivity index (χ2n) is 2.72. The second kappa shape index (κ2) is 3.33. The minimum Gasteiger partial charge on any atom is -0.465 e. The van der Waals surface area contributed by atoms with Crippen molar-refractivity contribution in [3.05, 3.63) is 24.2 Å². The molecule has 0 atom stereocenters. The Morgan fingerprint density at radius 2 is 2.50 bits per heavy atom. The number of aromatic nitrogens is 3. The van der Waals surface area contributed by atoms with Crippen LogP contribution in [0.4, 0.5) is 4.79 Å². The molecule has 0 saturated heterocycles. The van der Waals surface area contributed by atoms with E-state index in [2.05, 4.69) is 20.3 Å². The van der Waals surface area contributed by atoms with Crippen LogP contribution in [0.1, 0.15) is 5.82 Å². The van der Waals surface area contributed by atoms with E-state index in [0.717, 1.165) is 5.52 Å². The van der Waals surface area contributed by atoms with Gasteiger partial charge in [-0.25, -0.2) is 14.8 Å². The van der Waals surface area contributed by atoms with Gasteiger partial charge >= 0.3 is 6.09 Å². The maximum absolute atomic E-state index is 10.2. The van der Waals surface area contributed by atoms with Gasteiger partial charge in [-0.1, -0.05) is 0 Å². The standard InChI is InChI=1S/C8H8N4O2/c13-8(14)10-4-6-11-5-2-1-3-9-7(5)12-6/h1-3,10H,4H2,(H,13,14)(H,9,11,12). The lowest BCUT2D eigenvalue weighted by Crippen LogP contribution is -2.20. The highest BCUT2D eigenvalue weighted by Crippen LogP contribution is 2.06. The molecule has 0 aliphatic heterocycles. The fourth-order valence-corrected chi connectivity index (χ4v) is 1.14. The first-order valence-electron chi connectivity index (χ1n) is 4.02. The van der Waals surface area contributed by atoms with Gasteiger partial charge in [0.2, 0.25) is 0 Å². The summed E-state index contributed by atoms with van der Waals surface area (Å²) in [5, 5.41) is 10.6. The van der Waals surface area contributed by atoms with Gasteiger partial charge in [-0.3, -0.25) is 0 Å². The molecule has 0 aliphatic rings. The van der Waals surface area contributed by atoms with Crippen LogP contribution < -0.4 is 5.32 Å². The highest BCUT2D eigenvalue weighted by Gasteiger charge is 2.03. The van der Waals surface area contributed by atoms with E-state index in [1.54, 1.807) is 12.3 Å². The topological polar surface area (TPSA) is 90.9 Å². The number of pyridine rings is 1. The lowest BCUT2D eigenvalue weighted by molar-refractivity contribution is 0.193. The first-order valence-corrected chi connectivity index (χ1v) is 4.02. The molecule has 72 valence electrons. The van der Waals surface area contributed by atoms with Gasteiger partial charge in [-0.2, -0.15) is 0 Å². The Balaban J connectivity index is 2.22. The molecule has 3 N–H and O–H groups in total. The van der Waals surface area contributed by atoms with E-state index in [0.29, 0.717) is 11.5 Å². The van der Waals surface area contributed by atoms with Crippen molar-refractivity contribution in [2.75, 3.05) is 0 Å². The molecule has 0 saturated carbocycles. The van der Waals surface area contributed by atoms with Crippen molar-refractivity contribution in [3.8, 4) is 0 Å². The Morgan fingerprint density at radius 3 is 3.21 bits per heavy atom. The fraction of sp³-hybridized carbons (Fsp3) is 0.125. The van der Waals surface area contributed by atoms with Gasteiger partial charge in [-0.05, 0) is 12.1 Å². The number of rotatable bonds is 2. The number of hydrogen-bond acceptors (Lipinski definition) is 3. The Labute approximate surface area is 79.0 Å². The van der Waals surface area contributed by atoms with Crippen molar-refractivity contribution in [2.45, 2.75) is 6.54 Å². The van der Waals surface area contributed by atoms with Crippen LogP contribution in [0, 0.1) is 0 Å².